The van der Waals surface area contributed by atoms with Crippen molar-refractivity contribution < 1.29 is 0 Å². The third kappa shape index (κ3) is 1.43. The predicted octanol–water partition coefficient (Wildman–Crippen LogP) is 3.72. The fourth-order valence-corrected chi connectivity index (χ4v) is 3.61. The lowest BCUT2D eigenvalue weighted by molar-refractivity contribution is 1.21. The molecule has 0 aromatic heterocycles. The number of hydrogen-bond acceptors (Lipinski definition) is 0. The molecule has 0 spiro atoms. The molecule has 1 aliphatic rings. The van der Waals surface area contributed by atoms with Crippen LogP contribution in [0.25, 0.3) is 5.31 Å². The average Bonchev–Trinajstić information content (AvgIpc) is 2.53. The molecule has 0 saturated carbocycles. The average molecular weight is 192 g/mol. The Labute approximate surface area is 75.4 Å². The molecule has 59 valence electrons. The second-order valence-electron chi connectivity index (χ2n) is 2.59. The van der Waals surface area contributed by atoms with Crippen LogP contribution in [0.1, 0.15) is 12.5 Å². The summed E-state index contributed by atoms with van der Waals surface area (Å²) < 4.78 is 0. The number of nitrogens with zero attached hydrogens (tertiary/aromatic N) is 1. The Bertz CT molecular complexity index is 341. The Morgan fingerprint density at radius 1 is 1.17 bits per heavy atom. The van der Waals surface area contributed by atoms with E-state index in [1.54, 1.807) is 0 Å². The smallest absolute Gasteiger partial charge is 0.0703 e. The van der Waals surface area contributed by atoms with Crippen molar-refractivity contribution >= 4 is 21.2 Å². The lowest BCUT2D eigenvalue weighted by Crippen LogP contribution is -1.84. The summed E-state index contributed by atoms with van der Waals surface area (Å²) in [4.78, 5) is 0. The maximum Gasteiger partial charge on any atom is 0.0703 e. The molecule has 0 saturated heterocycles. The first-order valence-electron chi connectivity index (χ1n) is 3.76. The van der Waals surface area contributed by atoms with Crippen LogP contribution in [-0.2, 0) is 0 Å². The molecule has 1 nitrogen and oxygen atoms in total. The normalized spacial score (nSPS) is 17.8. The zero-order valence-corrected chi connectivity index (χ0v) is 8.52. The molecule has 1 heterocycles. The van der Waals surface area contributed by atoms with Crippen molar-refractivity contribution in [3.8, 4) is 0 Å². The molecule has 0 aliphatic carbocycles. The minimum Gasteiger partial charge on any atom is -0.227 e. The first-order chi connectivity index (χ1) is 5.88. The van der Waals surface area contributed by atoms with Gasteiger partial charge in [0.05, 0.1) is 13.7 Å². The van der Waals surface area contributed by atoms with Crippen LogP contribution in [0.15, 0.2) is 36.0 Å². The molecule has 0 bridgehead atoms. The van der Waals surface area contributed by atoms with Crippen LogP contribution >= 0.6 is 15.9 Å². The van der Waals surface area contributed by atoms with Gasteiger partial charge in [-0.05, 0) is 20.4 Å². The fourth-order valence-electron chi connectivity index (χ4n) is 1.12. The maximum absolute atomic E-state index is 4.33. The van der Waals surface area contributed by atoms with Gasteiger partial charge in [0, 0.05) is 5.31 Å². The van der Waals surface area contributed by atoms with Crippen LogP contribution in [-0.4, -0.2) is 0 Å². The summed E-state index contributed by atoms with van der Waals surface area (Å²) in [5, 5.41) is 5.71. The molecular weight excluding hydrogens is 184 g/mol. The summed E-state index contributed by atoms with van der Waals surface area (Å²) in [6.45, 7) is 2.08. The van der Waals surface area contributed by atoms with E-state index in [1.165, 1.54) is 24.4 Å². The Hall–Kier alpha value is -0.640. The second kappa shape index (κ2) is 3.39. The Morgan fingerprint density at radius 2 is 1.92 bits per heavy atom. The molecule has 12 heavy (non-hydrogen) atoms. The monoisotopic (exact) mass is 192 g/mol. The summed E-state index contributed by atoms with van der Waals surface area (Å²) in [5.41, 5.74) is 2.50. The van der Waals surface area contributed by atoms with Crippen LogP contribution in [0.3, 0.4) is 0 Å². The second-order valence-corrected chi connectivity index (χ2v) is 4.75. The quantitative estimate of drug-likeness (QED) is 0.602. The summed E-state index contributed by atoms with van der Waals surface area (Å²) in [6, 6.07) is 10.5. The largest absolute Gasteiger partial charge is 0.227 e. The lowest BCUT2D eigenvalue weighted by Gasteiger charge is -1.98. The highest BCUT2D eigenvalue weighted by atomic mass is 31.7. The van der Waals surface area contributed by atoms with Crippen molar-refractivity contribution in [1.29, 1.82) is 0 Å². The number of rotatable bonds is 1. The van der Waals surface area contributed by atoms with Gasteiger partial charge in [-0.25, -0.2) is 5.09 Å². The van der Waals surface area contributed by atoms with Gasteiger partial charge in [0.25, 0.3) is 0 Å². The van der Waals surface area contributed by atoms with E-state index >= 15 is 0 Å². The molecule has 1 aliphatic heterocycles. The highest BCUT2D eigenvalue weighted by Crippen LogP contribution is 2.41. The zero-order valence-electron chi connectivity index (χ0n) is 6.73. The summed E-state index contributed by atoms with van der Waals surface area (Å²) in [6.07, 6.45) is 0. The molecule has 2 rings (SSSR count). The minimum atomic E-state index is 1.16. The highest BCUT2D eigenvalue weighted by Gasteiger charge is 2.08. The molecule has 1 radical (unpaired) electrons. The van der Waals surface area contributed by atoms with Crippen molar-refractivity contribution in [1.82, 2.24) is 5.09 Å². The standard InChI is InChI=1S/C9H8NP2/c1-7-9(11-12-10-7)8-5-3-2-4-6-8/h2-6H,1H3. The van der Waals surface area contributed by atoms with Crippen molar-refractivity contribution in [3.05, 3.63) is 41.6 Å². The van der Waals surface area contributed by atoms with Gasteiger partial charge in [-0.1, -0.05) is 30.3 Å². The topological polar surface area (TPSA) is 14.1 Å². The van der Waals surface area contributed by atoms with E-state index in [4.69, 9.17) is 0 Å². The van der Waals surface area contributed by atoms with Crippen molar-refractivity contribution in [2.24, 2.45) is 0 Å². The van der Waals surface area contributed by atoms with E-state index in [-0.39, 0.29) is 0 Å². The molecule has 0 N–H and O–H groups in total. The van der Waals surface area contributed by atoms with Crippen LogP contribution < -0.4 is 5.09 Å². The zero-order chi connectivity index (χ0) is 8.39. The van der Waals surface area contributed by atoms with Gasteiger partial charge in [-0.15, -0.1) is 0 Å². The van der Waals surface area contributed by atoms with E-state index in [0.29, 0.717) is 0 Å². The van der Waals surface area contributed by atoms with Gasteiger partial charge in [-0.3, -0.25) is 0 Å². The molecule has 1 aromatic carbocycles. The summed E-state index contributed by atoms with van der Waals surface area (Å²) in [7, 11) is 2.48. The van der Waals surface area contributed by atoms with Gasteiger partial charge in [0.15, 0.2) is 0 Å². The molecule has 0 amide bonds. The van der Waals surface area contributed by atoms with Gasteiger partial charge < -0.3 is 0 Å². The Morgan fingerprint density at radius 3 is 2.50 bits per heavy atom. The first kappa shape index (κ1) is 7.98. The lowest BCUT2D eigenvalue weighted by atomic mass is 10.2. The predicted molar refractivity (Wildman–Crippen MR) is 55.0 cm³/mol. The van der Waals surface area contributed by atoms with Crippen LogP contribution in [0.4, 0.5) is 0 Å². The van der Waals surface area contributed by atoms with Crippen molar-refractivity contribution in [2.45, 2.75) is 6.92 Å². The Kier molecular flexibility index (Phi) is 2.26. The van der Waals surface area contributed by atoms with E-state index < -0.39 is 0 Å². The summed E-state index contributed by atoms with van der Waals surface area (Å²) >= 11 is 0. The van der Waals surface area contributed by atoms with Gasteiger partial charge in [0.2, 0.25) is 0 Å². The fraction of sp³-hybridized carbons (Fsp3) is 0.111. The molecule has 0 fully saturated rings. The van der Waals surface area contributed by atoms with Crippen LogP contribution in [0.2, 0.25) is 0 Å². The van der Waals surface area contributed by atoms with Crippen molar-refractivity contribution in [2.75, 3.05) is 0 Å². The summed E-state index contributed by atoms with van der Waals surface area (Å²) in [5.74, 6) is 0. The molecule has 3 heteroatoms. The maximum atomic E-state index is 4.33. The van der Waals surface area contributed by atoms with Crippen LogP contribution in [0, 0.1) is 0 Å². The molecule has 1 aromatic rings. The number of allylic oxidation sites excluding steroid dienone is 1. The first-order valence-corrected chi connectivity index (χ1v) is 6.21. The van der Waals surface area contributed by atoms with E-state index in [0.717, 1.165) is 8.02 Å². The Balaban J connectivity index is 2.44. The number of benzene rings is 1. The highest BCUT2D eigenvalue weighted by molar-refractivity contribution is 7.89. The van der Waals surface area contributed by atoms with Crippen molar-refractivity contribution in [3.63, 3.8) is 0 Å². The third-order valence-corrected chi connectivity index (χ3v) is 4.13. The van der Waals surface area contributed by atoms with Gasteiger partial charge >= 0.3 is 0 Å². The molecule has 0 atom stereocenters. The third-order valence-electron chi connectivity index (χ3n) is 1.73. The van der Waals surface area contributed by atoms with E-state index in [9.17, 15) is 0 Å². The van der Waals surface area contributed by atoms with Crippen LogP contribution in [0.5, 0.6) is 0 Å². The number of hydrogen-bond donors (Lipinski definition) is 0. The molecular formula is C9H8NP2. The van der Waals surface area contributed by atoms with Gasteiger partial charge in [0.1, 0.15) is 0 Å². The van der Waals surface area contributed by atoms with E-state index in [1.807, 2.05) is 6.07 Å². The minimum absolute atomic E-state index is 1.16. The SMILES string of the molecule is CC1=C(c2ccccc2)P=P[N]1. The van der Waals surface area contributed by atoms with Gasteiger partial charge in [-0.2, -0.15) is 0 Å². The molecule has 0 unspecified atom stereocenters. The van der Waals surface area contributed by atoms with E-state index in [2.05, 4.69) is 36.3 Å².